The van der Waals surface area contributed by atoms with E-state index in [1.54, 1.807) is 0 Å². The molecule has 0 saturated heterocycles. The molecule has 0 spiro atoms. The molecular weight excluding hydrogens is 615 g/mol. The van der Waals surface area contributed by atoms with Gasteiger partial charge in [-0.15, -0.1) is 0 Å². The van der Waals surface area contributed by atoms with Crippen molar-refractivity contribution in [3.8, 4) is 45.1 Å². The second-order valence-electron chi connectivity index (χ2n) is 12.5. The molecule has 9 rings (SSSR count). The second-order valence-corrected chi connectivity index (χ2v) is 12.5. The van der Waals surface area contributed by atoms with Crippen LogP contribution in [0.4, 0.5) is 0 Å². The predicted molar refractivity (Wildman–Crippen MR) is 206 cm³/mol. The van der Waals surface area contributed by atoms with E-state index in [2.05, 4.69) is 142 Å². The summed E-state index contributed by atoms with van der Waals surface area (Å²) in [6, 6.07) is 49.6. The molecule has 0 fully saturated rings. The largest absolute Gasteiger partial charge is 0.494 e. The Morgan fingerprint density at radius 3 is 1.28 bits per heavy atom. The first-order valence-corrected chi connectivity index (χ1v) is 17.2. The number of hydrogen-bond acceptors (Lipinski definition) is 3. The summed E-state index contributed by atoms with van der Waals surface area (Å²) in [6.45, 7) is 5.27. The Morgan fingerprint density at radius 2 is 0.840 bits per heavy atom. The Labute approximate surface area is 290 Å². The van der Waals surface area contributed by atoms with Crippen molar-refractivity contribution in [1.82, 2.24) is 14.1 Å². The fourth-order valence-electron chi connectivity index (χ4n) is 7.33. The van der Waals surface area contributed by atoms with Gasteiger partial charge < -0.3 is 18.6 Å². The van der Waals surface area contributed by atoms with Crippen LogP contribution < -0.4 is 9.47 Å². The molecule has 0 aliphatic heterocycles. The Bertz CT molecular complexity index is 2550. The Balaban J connectivity index is 1.05. The van der Waals surface area contributed by atoms with Crippen LogP contribution in [0.2, 0.25) is 0 Å². The maximum Gasteiger partial charge on any atom is 0.120 e. The van der Waals surface area contributed by atoms with Gasteiger partial charge in [0.05, 0.1) is 35.3 Å². The van der Waals surface area contributed by atoms with Gasteiger partial charge in [0.1, 0.15) is 11.5 Å². The molecule has 0 amide bonds. The van der Waals surface area contributed by atoms with Gasteiger partial charge in [0.15, 0.2) is 0 Å². The van der Waals surface area contributed by atoms with Crippen LogP contribution in [0.1, 0.15) is 13.8 Å². The molecule has 0 radical (unpaired) electrons. The molecule has 3 heterocycles. The number of rotatable bonds is 8. The lowest BCUT2D eigenvalue weighted by Gasteiger charge is -2.11. The summed E-state index contributed by atoms with van der Waals surface area (Å²) in [6.07, 6.45) is 3.88. The van der Waals surface area contributed by atoms with Crippen LogP contribution in [-0.4, -0.2) is 27.3 Å². The highest BCUT2D eigenvalue weighted by Crippen LogP contribution is 2.37. The third-order valence-electron chi connectivity index (χ3n) is 9.57. The summed E-state index contributed by atoms with van der Waals surface area (Å²) < 4.78 is 16.4. The number of benzene rings is 6. The van der Waals surface area contributed by atoms with Crippen LogP contribution in [0, 0.1) is 0 Å². The SMILES string of the molecule is CCOc1ccc2c(c1)c1cc(OCC)ccc1n2-c1ccc(-c2cncc(-c3ccc(-n4c5ccccc5c5ccccc54)cc3)c2)cc1. The lowest BCUT2D eigenvalue weighted by molar-refractivity contribution is 0.340. The van der Waals surface area contributed by atoms with Gasteiger partial charge in [0.25, 0.3) is 0 Å². The minimum atomic E-state index is 0.625. The molecule has 50 heavy (non-hydrogen) atoms. The molecule has 0 saturated carbocycles. The maximum absolute atomic E-state index is 5.87. The Kier molecular flexibility index (Phi) is 7.32. The van der Waals surface area contributed by atoms with Gasteiger partial charge in [-0.05, 0) is 104 Å². The molecule has 3 aromatic heterocycles. The van der Waals surface area contributed by atoms with E-state index >= 15 is 0 Å². The normalized spacial score (nSPS) is 11.6. The molecular formula is C45H35N3O2. The van der Waals surface area contributed by atoms with E-state index in [1.807, 2.05) is 38.4 Å². The maximum atomic E-state index is 5.87. The van der Waals surface area contributed by atoms with E-state index in [1.165, 1.54) is 21.8 Å². The smallest absolute Gasteiger partial charge is 0.120 e. The number of nitrogens with zero attached hydrogens (tertiary/aromatic N) is 3. The molecule has 9 aromatic rings. The van der Waals surface area contributed by atoms with Crippen molar-refractivity contribution in [3.63, 3.8) is 0 Å². The van der Waals surface area contributed by atoms with Crippen molar-refractivity contribution in [2.45, 2.75) is 13.8 Å². The average Bonchev–Trinajstić information content (AvgIpc) is 3.68. The van der Waals surface area contributed by atoms with Crippen molar-refractivity contribution in [1.29, 1.82) is 0 Å². The molecule has 0 aliphatic carbocycles. The number of hydrogen-bond donors (Lipinski definition) is 0. The van der Waals surface area contributed by atoms with Crippen LogP contribution in [-0.2, 0) is 0 Å². The van der Waals surface area contributed by atoms with Crippen molar-refractivity contribution >= 4 is 43.6 Å². The fraction of sp³-hybridized carbons (Fsp3) is 0.0889. The van der Waals surface area contributed by atoms with Crippen LogP contribution in [0.3, 0.4) is 0 Å². The van der Waals surface area contributed by atoms with Gasteiger partial charge in [0, 0.05) is 56.4 Å². The molecule has 6 aromatic carbocycles. The van der Waals surface area contributed by atoms with Gasteiger partial charge >= 0.3 is 0 Å². The van der Waals surface area contributed by atoms with Gasteiger partial charge in [-0.2, -0.15) is 0 Å². The Morgan fingerprint density at radius 1 is 0.420 bits per heavy atom. The van der Waals surface area contributed by atoms with E-state index in [0.717, 1.165) is 66.9 Å². The Hall–Kier alpha value is -6.33. The van der Waals surface area contributed by atoms with Crippen LogP contribution in [0.25, 0.3) is 77.2 Å². The number of fused-ring (bicyclic) bond motifs is 6. The summed E-state index contributed by atoms with van der Waals surface area (Å²) in [5.74, 6) is 1.73. The first-order valence-electron chi connectivity index (χ1n) is 17.2. The number of pyridine rings is 1. The van der Waals surface area contributed by atoms with Gasteiger partial charge in [-0.25, -0.2) is 0 Å². The number of aromatic nitrogens is 3. The van der Waals surface area contributed by atoms with E-state index in [9.17, 15) is 0 Å². The minimum absolute atomic E-state index is 0.625. The molecule has 0 unspecified atom stereocenters. The first-order chi connectivity index (χ1) is 24.7. The standard InChI is InChI=1S/C45H35N3O2/c1-3-49-36-21-23-44-40(26-36)41-27-37(50-4-2)22-24-45(41)48(44)35-19-15-31(16-20-35)33-25-32(28-46-29-33)30-13-17-34(18-14-30)47-42-11-7-5-9-38(42)39-10-6-8-12-43(39)47/h5-29H,3-4H2,1-2H3. The van der Waals surface area contributed by atoms with E-state index < -0.39 is 0 Å². The topological polar surface area (TPSA) is 41.2 Å². The van der Waals surface area contributed by atoms with Crippen molar-refractivity contribution < 1.29 is 9.47 Å². The second kappa shape index (κ2) is 12.3. The molecule has 0 aliphatic rings. The van der Waals surface area contributed by atoms with Crippen molar-refractivity contribution in [3.05, 3.63) is 152 Å². The summed E-state index contributed by atoms with van der Waals surface area (Å²) in [5, 5.41) is 4.80. The highest BCUT2D eigenvalue weighted by molar-refractivity contribution is 6.11. The molecule has 5 nitrogen and oxygen atoms in total. The van der Waals surface area contributed by atoms with Crippen LogP contribution >= 0.6 is 0 Å². The lowest BCUT2D eigenvalue weighted by Crippen LogP contribution is -1.95. The highest BCUT2D eigenvalue weighted by atomic mass is 16.5. The van der Waals surface area contributed by atoms with Crippen molar-refractivity contribution in [2.24, 2.45) is 0 Å². The van der Waals surface area contributed by atoms with Crippen LogP contribution in [0.5, 0.6) is 11.5 Å². The average molecular weight is 650 g/mol. The van der Waals surface area contributed by atoms with Gasteiger partial charge in [-0.3, -0.25) is 4.98 Å². The van der Waals surface area contributed by atoms with Crippen LogP contribution in [0.15, 0.2) is 152 Å². The zero-order valence-corrected chi connectivity index (χ0v) is 28.0. The molecule has 5 heteroatoms. The number of para-hydroxylation sites is 2. The lowest BCUT2D eigenvalue weighted by atomic mass is 10.0. The summed E-state index contributed by atoms with van der Waals surface area (Å²) in [4.78, 5) is 4.66. The molecule has 0 N–H and O–H groups in total. The first kappa shape index (κ1) is 29.8. The minimum Gasteiger partial charge on any atom is -0.494 e. The zero-order valence-electron chi connectivity index (χ0n) is 28.0. The third-order valence-corrected chi connectivity index (χ3v) is 9.57. The third kappa shape index (κ3) is 4.98. The predicted octanol–water partition coefficient (Wildman–Crippen LogP) is 11.4. The van der Waals surface area contributed by atoms with Gasteiger partial charge in [-0.1, -0.05) is 60.7 Å². The molecule has 0 atom stereocenters. The summed E-state index contributed by atoms with van der Waals surface area (Å²) in [7, 11) is 0. The van der Waals surface area contributed by atoms with E-state index in [4.69, 9.17) is 9.47 Å². The molecule has 242 valence electrons. The van der Waals surface area contributed by atoms with Gasteiger partial charge in [0.2, 0.25) is 0 Å². The molecule has 0 bridgehead atoms. The fourth-order valence-corrected chi connectivity index (χ4v) is 7.33. The zero-order chi connectivity index (χ0) is 33.6. The van der Waals surface area contributed by atoms with E-state index in [0.29, 0.717) is 13.2 Å². The monoisotopic (exact) mass is 649 g/mol. The number of ether oxygens (including phenoxy) is 2. The van der Waals surface area contributed by atoms with E-state index in [-0.39, 0.29) is 0 Å². The highest BCUT2D eigenvalue weighted by Gasteiger charge is 2.15. The quantitative estimate of drug-likeness (QED) is 0.164. The van der Waals surface area contributed by atoms with Crippen molar-refractivity contribution in [2.75, 3.05) is 13.2 Å². The summed E-state index contributed by atoms with van der Waals surface area (Å²) in [5.41, 5.74) is 11.3. The summed E-state index contributed by atoms with van der Waals surface area (Å²) >= 11 is 0.